The van der Waals surface area contributed by atoms with Crippen LogP contribution in [0, 0.1) is 18.7 Å². The van der Waals surface area contributed by atoms with Crippen LogP contribution in [-0.4, -0.2) is 49.6 Å². The van der Waals surface area contributed by atoms with E-state index < -0.39 is 0 Å². The molecule has 0 radical (unpaired) electrons. The zero-order chi connectivity index (χ0) is 18.7. The van der Waals surface area contributed by atoms with Gasteiger partial charge in [0.1, 0.15) is 5.82 Å². The van der Waals surface area contributed by atoms with Gasteiger partial charge >= 0.3 is 0 Å². The second kappa shape index (κ2) is 7.68. The Hall–Kier alpha value is -2.70. The molecule has 1 aromatic carbocycles. The maximum absolute atomic E-state index is 13.9. The number of hydrogen-bond donors (Lipinski definition) is 1. The molecular formula is C19H24FN5O. The number of aromatic nitrogens is 2. The van der Waals surface area contributed by atoms with Gasteiger partial charge in [0.15, 0.2) is 0 Å². The van der Waals surface area contributed by atoms with Crippen molar-refractivity contribution in [3.05, 3.63) is 47.5 Å². The third-order valence-electron chi connectivity index (χ3n) is 4.64. The molecule has 1 aliphatic heterocycles. The van der Waals surface area contributed by atoms with Gasteiger partial charge in [-0.15, -0.1) is 0 Å². The average molecular weight is 357 g/mol. The van der Waals surface area contributed by atoms with Gasteiger partial charge in [0.25, 0.3) is 5.91 Å². The highest BCUT2D eigenvalue weighted by atomic mass is 19.1. The van der Waals surface area contributed by atoms with Crippen LogP contribution in [0.1, 0.15) is 22.5 Å². The van der Waals surface area contributed by atoms with Gasteiger partial charge in [-0.05, 0) is 31.4 Å². The Morgan fingerprint density at radius 2 is 2.15 bits per heavy atom. The first-order chi connectivity index (χ1) is 12.5. The second-order valence-corrected chi connectivity index (χ2v) is 6.83. The monoisotopic (exact) mass is 357 g/mol. The fraction of sp³-hybridized carbons (Fsp3) is 0.421. The lowest BCUT2D eigenvalue weighted by atomic mass is 10.1. The summed E-state index contributed by atoms with van der Waals surface area (Å²) in [6.45, 7) is 3.88. The van der Waals surface area contributed by atoms with Crippen molar-refractivity contribution in [3.8, 4) is 0 Å². The Kier molecular flexibility index (Phi) is 5.35. The number of para-hydroxylation sites is 1. The summed E-state index contributed by atoms with van der Waals surface area (Å²) in [6.07, 6.45) is 2.48. The molecule has 6 nitrogen and oxygen atoms in total. The molecule has 1 saturated heterocycles. The van der Waals surface area contributed by atoms with Crippen molar-refractivity contribution < 1.29 is 9.18 Å². The van der Waals surface area contributed by atoms with Crippen LogP contribution in [-0.2, 0) is 0 Å². The summed E-state index contributed by atoms with van der Waals surface area (Å²) in [5.41, 5.74) is 1.77. The van der Waals surface area contributed by atoms with Crippen LogP contribution in [0.15, 0.2) is 30.5 Å². The molecule has 138 valence electrons. The normalized spacial score (nSPS) is 16.6. The Morgan fingerprint density at radius 1 is 1.38 bits per heavy atom. The van der Waals surface area contributed by atoms with Crippen molar-refractivity contribution in [2.24, 2.45) is 5.92 Å². The van der Waals surface area contributed by atoms with Crippen LogP contribution in [0.2, 0.25) is 0 Å². The van der Waals surface area contributed by atoms with E-state index in [0.29, 0.717) is 35.4 Å². The minimum absolute atomic E-state index is 0.169. The smallest absolute Gasteiger partial charge is 0.254 e. The third kappa shape index (κ3) is 3.92. The molecule has 1 fully saturated rings. The summed E-state index contributed by atoms with van der Waals surface area (Å²) < 4.78 is 13.9. The molecule has 1 atom stereocenters. The molecule has 1 N–H and O–H groups in total. The van der Waals surface area contributed by atoms with Gasteiger partial charge in [-0.25, -0.2) is 14.4 Å². The van der Waals surface area contributed by atoms with Crippen LogP contribution in [0.4, 0.5) is 16.0 Å². The zero-order valence-corrected chi connectivity index (χ0v) is 15.4. The van der Waals surface area contributed by atoms with Crippen molar-refractivity contribution in [1.29, 1.82) is 0 Å². The Morgan fingerprint density at radius 3 is 2.85 bits per heavy atom. The topological polar surface area (TPSA) is 61.4 Å². The summed E-state index contributed by atoms with van der Waals surface area (Å²) in [5, 5.41) is 2.96. The Bertz CT molecular complexity index is 795. The molecular weight excluding hydrogens is 333 g/mol. The molecule has 0 saturated carbocycles. The highest BCUT2D eigenvalue weighted by Crippen LogP contribution is 2.25. The number of carbonyl (C=O) groups excluding carboxylic acids is 1. The van der Waals surface area contributed by atoms with E-state index in [1.165, 1.54) is 6.07 Å². The number of amides is 1. The summed E-state index contributed by atoms with van der Waals surface area (Å²) in [6, 6.07) is 6.81. The molecule has 1 amide bonds. The summed E-state index contributed by atoms with van der Waals surface area (Å²) in [5.74, 6) is 0.499. The maximum atomic E-state index is 13.9. The van der Waals surface area contributed by atoms with Crippen molar-refractivity contribution in [2.75, 3.05) is 43.5 Å². The highest BCUT2D eigenvalue weighted by molar-refractivity contribution is 5.95. The van der Waals surface area contributed by atoms with Crippen LogP contribution in [0.5, 0.6) is 0 Å². The van der Waals surface area contributed by atoms with Crippen molar-refractivity contribution in [1.82, 2.24) is 15.3 Å². The van der Waals surface area contributed by atoms with E-state index in [-0.39, 0.29) is 11.7 Å². The fourth-order valence-corrected chi connectivity index (χ4v) is 3.15. The number of aryl methyl sites for hydroxylation is 1. The van der Waals surface area contributed by atoms with Crippen molar-refractivity contribution in [3.63, 3.8) is 0 Å². The minimum atomic E-state index is -0.203. The fourth-order valence-electron chi connectivity index (χ4n) is 3.15. The minimum Gasteiger partial charge on any atom is -0.369 e. The predicted octanol–water partition coefficient (Wildman–Crippen LogP) is 2.25. The first-order valence-corrected chi connectivity index (χ1v) is 8.74. The van der Waals surface area contributed by atoms with Gasteiger partial charge < -0.3 is 15.1 Å². The van der Waals surface area contributed by atoms with E-state index in [0.717, 1.165) is 19.5 Å². The largest absolute Gasteiger partial charge is 0.369 e. The standard InChI is InChI=1S/C19H24FN5O/c1-13-15(11-22-19(23-13)24(2)3)18(26)21-10-14-8-9-25(12-14)17-7-5-4-6-16(17)20/h4-7,11,14H,8-10,12H2,1-3H3,(H,21,26)/t14-/m0/s1. The second-order valence-electron chi connectivity index (χ2n) is 6.83. The average Bonchev–Trinajstić information content (AvgIpc) is 3.08. The summed E-state index contributed by atoms with van der Waals surface area (Å²) in [7, 11) is 3.71. The molecule has 1 aromatic heterocycles. The predicted molar refractivity (Wildman–Crippen MR) is 100 cm³/mol. The number of anilines is 2. The summed E-state index contributed by atoms with van der Waals surface area (Å²) in [4.78, 5) is 24.8. The number of carbonyl (C=O) groups is 1. The van der Waals surface area contributed by atoms with Crippen LogP contribution in [0.3, 0.4) is 0 Å². The van der Waals surface area contributed by atoms with Gasteiger partial charge in [0.2, 0.25) is 5.95 Å². The first-order valence-electron chi connectivity index (χ1n) is 8.74. The van der Waals surface area contributed by atoms with E-state index in [4.69, 9.17) is 0 Å². The molecule has 7 heteroatoms. The molecule has 2 aromatic rings. The van der Waals surface area contributed by atoms with E-state index >= 15 is 0 Å². The number of nitrogens with zero attached hydrogens (tertiary/aromatic N) is 4. The van der Waals surface area contributed by atoms with Crippen LogP contribution >= 0.6 is 0 Å². The van der Waals surface area contributed by atoms with E-state index in [9.17, 15) is 9.18 Å². The maximum Gasteiger partial charge on any atom is 0.254 e. The van der Waals surface area contributed by atoms with Crippen LogP contribution < -0.4 is 15.1 Å². The number of nitrogens with one attached hydrogen (secondary N) is 1. The Labute approximate surface area is 153 Å². The van der Waals surface area contributed by atoms with E-state index in [1.807, 2.05) is 25.1 Å². The molecule has 0 bridgehead atoms. The van der Waals surface area contributed by atoms with Gasteiger partial charge in [0.05, 0.1) is 16.9 Å². The number of halogens is 1. The van der Waals surface area contributed by atoms with Crippen molar-refractivity contribution in [2.45, 2.75) is 13.3 Å². The third-order valence-corrected chi connectivity index (χ3v) is 4.64. The molecule has 1 aliphatic rings. The van der Waals surface area contributed by atoms with Gasteiger partial charge in [-0.2, -0.15) is 0 Å². The number of rotatable bonds is 5. The SMILES string of the molecule is Cc1nc(N(C)C)ncc1C(=O)NC[C@@H]1CCN(c2ccccc2F)C1. The molecule has 0 spiro atoms. The number of hydrogen-bond acceptors (Lipinski definition) is 5. The molecule has 26 heavy (non-hydrogen) atoms. The molecule has 0 unspecified atom stereocenters. The molecule has 0 aliphatic carbocycles. The molecule has 3 rings (SSSR count). The molecule has 2 heterocycles. The van der Waals surface area contributed by atoms with Crippen molar-refractivity contribution >= 4 is 17.5 Å². The van der Waals surface area contributed by atoms with Gasteiger partial charge in [-0.3, -0.25) is 4.79 Å². The lowest BCUT2D eigenvalue weighted by Gasteiger charge is -2.19. The lowest BCUT2D eigenvalue weighted by molar-refractivity contribution is 0.0947. The zero-order valence-electron chi connectivity index (χ0n) is 15.4. The van der Waals surface area contributed by atoms with Crippen LogP contribution in [0.25, 0.3) is 0 Å². The quantitative estimate of drug-likeness (QED) is 0.889. The van der Waals surface area contributed by atoms with E-state index in [2.05, 4.69) is 15.3 Å². The first kappa shape index (κ1) is 18.1. The number of benzene rings is 1. The highest BCUT2D eigenvalue weighted by Gasteiger charge is 2.25. The Balaban J connectivity index is 1.57. The van der Waals surface area contributed by atoms with Gasteiger partial charge in [0, 0.05) is 39.9 Å². The van der Waals surface area contributed by atoms with Gasteiger partial charge in [-0.1, -0.05) is 12.1 Å². The lowest BCUT2D eigenvalue weighted by Crippen LogP contribution is -2.32. The van der Waals surface area contributed by atoms with E-state index in [1.54, 1.807) is 30.2 Å². The summed E-state index contributed by atoms with van der Waals surface area (Å²) >= 11 is 0.